The van der Waals surface area contributed by atoms with Crippen LogP contribution in [0.1, 0.15) is 40.0 Å². The van der Waals surface area contributed by atoms with Crippen LogP contribution in [0, 0.1) is 11.8 Å². The van der Waals surface area contributed by atoms with Gasteiger partial charge in [-0.05, 0) is 37.3 Å². The van der Waals surface area contributed by atoms with Crippen LogP contribution in [-0.4, -0.2) is 29.5 Å². The Hall–Kier alpha value is -1.97. The quantitative estimate of drug-likeness (QED) is 0.614. The molecule has 2 atom stereocenters. The normalized spacial score (nSPS) is 25.8. The molecular formula is C15H15NO3. The predicted octanol–water partition coefficient (Wildman–Crippen LogP) is 1.90. The minimum absolute atomic E-state index is 0.0974. The molecule has 4 heteroatoms. The van der Waals surface area contributed by atoms with Crippen molar-refractivity contribution < 1.29 is 14.4 Å². The van der Waals surface area contributed by atoms with Crippen molar-refractivity contribution in [3.63, 3.8) is 0 Å². The lowest BCUT2D eigenvalue weighted by atomic mass is 10.1. The molecule has 4 nitrogen and oxygen atoms in total. The molecule has 1 aliphatic heterocycles. The molecule has 1 heterocycles. The molecule has 0 bridgehead atoms. The molecule has 1 aliphatic carbocycles. The maximum atomic E-state index is 12.2. The third-order valence-electron chi connectivity index (χ3n) is 4.09. The summed E-state index contributed by atoms with van der Waals surface area (Å²) in [6, 6.07) is 6.92. The molecule has 0 N–H and O–H groups in total. The number of carbonyl (C=O) groups is 3. The van der Waals surface area contributed by atoms with Crippen LogP contribution in [0.4, 0.5) is 0 Å². The summed E-state index contributed by atoms with van der Waals surface area (Å²) in [5, 5.41) is 0. The van der Waals surface area contributed by atoms with E-state index in [2.05, 4.69) is 0 Å². The van der Waals surface area contributed by atoms with Gasteiger partial charge in [-0.25, -0.2) is 0 Å². The average Bonchev–Trinajstić information content (AvgIpc) is 2.99. The van der Waals surface area contributed by atoms with Crippen LogP contribution in [0.2, 0.25) is 0 Å². The number of carbonyl (C=O) groups excluding carboxylic acids is 3. The molecule has 19 heavy (non-hydrogen) atoms. The fraction of sp³-hybridized carbons (Fsp3) is 0.400. The van der Waals surface area contributed by atoms with Crippen molar-refractivity contribution >= 4 is 18.1 Å². The number of fused-ring (bicyclic) bond motifs is 1. The van der Waals surface area contributed by atoms with Crippen LogP contribution in [0.3, 0.4) is 0 Å². The van der Waals surface area contributed by atoms with E-state index in [0.717, 1.165) is 25.5 Å². The van der Waals surface area contributed by atoms with Crippen LogP contribution < -0.4 is 0 Å². The Kier molecular flexibility index (Phi) is 2.93. The van der Waals surface area contributed by atoms with Crippen LogP contribution in [-0.2, 0) is 4.79 Å². The lowest BCUT2D eigenvalue weighted by Gasteiger charge is -2.18. The van der Waals surface area contributed by atoms with Gasteiger partial charge in [0.2, 0.25) is 0 Å². The van der Waals surface area contributed by atoms with Gasteiger partial charge in [0.15, 0.2) is 0 Å². The minimum atomic E-state index is -0.199. The van der Waals surface area contributed by atoms with E-state index in [9.17, 15) is 14.4 Å². The summed E-state index contributed by atoms with van der Waals surface area (Å²) >= 11 is 0. The number of aldehydes is 1. The number of imide groups is 1. The standard InChI is InChI=1S/C15H15NO3/c17-9-11-6-5-10(7-11)8-16-14(18)12-3-1-2-4-13(12)15(16)19/h1-4,9-11H,5-8H2/t10-,11-/m0/s1. The average molecular weight is 257 g/mol. The van der Waals surface area contributed by atoms with Gasteiger partial charge in [0.1, 0.15) is 6.29 Å². The maximum absolute atomic E-state index is 12.2. The van der Waals surface area contributed by atoms with Crippen molar-refractivity contribution in [1.82, 2.24) is 4.90 Å². The zero-order valence-corrected chi connectivity index (χ0v) is 10.5. The number of hydrogen-bond donors (Lipinski definition) is 0. The number of hydrogen-bond acceptors (Lipinski definition) is 3. The van der Waals surface area contributed by atoms with E-state index in [1.54, 1.807) is 24.3 Å². The highest BCUT2D eigenvalue weighted by atomic mass is 16.2. The molecule has 2 amide bonds. The summed E-state index contributed by atoms with van der Waals surface area (Å²) in [6.07, 6.45) is 3.56. The number of amides is 2. The highest BCUT2D eigenvalue weighted by Crippen LogP contribution is 2.32. The SMILES string of the molecule is O=C[C@H]1CC[C@H](CN2C(=O)c3ccccc3C2=O)C1. The van der Waals surface area contributed by atoms with E-state index in [1.807, 2.05) is 0 Å². The van der Waals surface area contributed by atoms with Crippen molar-refractivity contribution in [3.8, 4) is 0 Å². The molecule has 0 spiro atoms. The van der Waals surface area contributed by atoms with Gasteiger partial charge < -0.3 is 4.79 Å². The fourth-order valence-electron chi connectivity index (χ4n) is 3.07. The third kappa shape index (κ3) is 1.97. The second kappa shape index (κ2) is 4.61. The van der Waals surface area contributed by atoms with Gasteiger partial charge in [0.25, 0.3) is 11.8 Å². The summed E-state index contributed by atoms with van der Waals surface area (Å²) in [5.41, 5.74) is 0.995. The van der Waals surface area contributed by atoms with Crippen LogP contribution in [0.15, 0.2) is 24.3 Å². The van der Waals surface area contributed by atoms with Crippen LogP contribution in [0.25, 0.3) is 0 Å². The van der Waals surface area contributed by atoms with Crippen LogP contribution in [0.5, 0.6) is 0 Å². The Labute approximate surface area is 111 Å². The molecule has 0 unspecified atom stereocenters. The minimum Gasteiger partial charge on any atom is -0.303 e. The van der Waals surface area contributed by atoms with E-state index in [-0.39, 0.29) is 23.7 Å². The van der Waals surface area contributed by atoms with Crippen molar-refractivity contribution in [2.24, 2.45) is 11.8 Å². The van der Waals surface area contributed by atoms with Crippen molar-refractivity contribution in [1.29, 1.82) is 0 Å². The first-order valence-corrected chi connectivity index (χ1v) is 6.61. The highest BCUT2D eigenvalue weighted by Gasteiger charge is 2.37. The molecule has 1 aromatic carbocycles. The van der Waals surface area contributed by atoms with E-state index in [0.29, 0.717) is 17.7 Å². The Morgan fingerprint density at radius 3 is 2.26 bits per heavy atom. The summed E-state index contributed by atoms with van der Waals surface area (Å²) < 4.78 is 0. The van der Waals surface area contributed by atoms with E-state index in [1.165, 1.54) is 4.90 Å². The Morgan fingerprint density at radius 1 is 1.11 bits per heavy atom. The van der Waals surface area contributed by atoms with E-state index < -0.39 is 0 Å². The van der Waals surface area contributed by atoms with Crippen molar-refractivity contribution in [2.45, 2.75) is 19.3 Å². The van der Waals surface area contributed by atoms with Gasteiger partial charge in [0.05, 0.1) is 11.1 Å². The molecule has 1 aromatic rings. The molecule has 1 fully saturated rings. The Balaban J connectivity index is 1.76. The lowest BCUT2D eigenvalue weighted by Crippen LogP contribution is -2.34. The predicted molar refractivity (Wildman–Crippen MR) is 68.7 cm³/mol. The van der Waals surface area contributed by atoms with E-state index >= 15 is 0 Å². The molecule has 0 aromatic heterocycles. The Morgan fingerprint density at radius 2 is 1.74 bits per heavy atom. The van der Waals surface area contributed by atoms with Crippen molar-refractivity contribution in [2.75, 3.05) is 6.54 Å². The lowest BCUT2D eigenvalue weighted by molar-refractivity contribution is -0.110. The summed E-state index contributed by atoms with van der Waals surface area (Å²) in [4.78, 5) is 36.4. The number of nitrogens with zero attached hydrogens (tertiary/aromatic N) is 1. The molecular weight excluding hydrogens is 242 g/mol. The second-order valence-corrected chi connectivity index (χ2v) is 5.34. The number of benzene rings is 1. The molecule has 3 rings (SSSR count). The molecule has 2 aliphatic rings. The largest absolute Gasteiger partial charge is 0.303 e. The van der Waals surface area contributed by atoms with Gasteiger partial charge >= 0.3 is 0 Å². The van der Waals surface area contributed by atoms with Gasteiger partial charge in [0, 0.05) is 12.5 Å². The van der Waals surface area contributed by atoms with Crippen molar-refractivity contribution in [3.05, 3.63) is 35.4 Å². The molecule has 1 saturated carbocycles. The maximum Gasteiger partial charge on any atom is 0.261 e. The molecule has 98 valence electrons. The van der Waals surface area contributed by atoms with Gasteiger partial charge in [-0.3, -0.25) is 14.5 Å². The first kappa shape index (κ1) is 12.1. The third-order valence-corrected chi connectivity index (χ3v) is 4.09. The molecule has 0 radical (unpaired) electrons. The summed E-state index contributed by atoms with van der Waals surface area (Å²) in [7, 11) is 0. The highest BCUT2D eigenvalue weighted by molar-refractivity contribution is 6.21. The van der Waals surface area contributed by atoms with Gasteiger partial charge in [-0.1, -0.05) is 12.1 Å². The summed E-state index contributed by atoms with van der Waals surface area (Å²) in [6.45, 7) is 0.441. The first-order valence-electron chi connectivity index (χ1n) is 6.61. The fourth-order valence-corrected chi connectivity index (χ4v) is 3.07. The van der Waals surface area contributed by atoms with Gasteiger partial charge in [-0.15, -0.1) is 0 Å². The zero-order valence-electron chi connectivity index (χ0n) is 10.5. The smallest absolute Gasteiger partial charge is 0.261 e. The van der Waals surface area contributed by atoms with E-state index in [4.69, 9.17) is 0 Å². The van der Waals surface area contributed by atoms with Crippen LogP contribution >= 0.6 is 0 Å². The zero-order chi connectivity index (χ0) is 13.4. The Bertz CT molecular complexity index is 517. The summed E-state index contributed by atoms with van der Waals surface area (Å²) in [5.74, 6) is -0.0390. The molecule has 0 saturated heterocycles. The topological polar surface area (TPSA) is 54.5 Å². The first-order chi connectivity index (χ1) is 9.20. The monoisotopic (exact) mass is 257 g/mol. The number of rotatable bonds is 3. The second-order valence-electron chi connectivity index (χ2n) is 5.34. The van der Waals surface area contributed by atoms with Gasteiger partial charge in [-0.2, -0.15) is 0 Å².